The molecule has 3 nitrogen and oxygen atoms in total. The second kappa shape index (κ2) is 7.14. The van der Waals surface area contributed by atoms with Crippen LogP contribution in [0, 0.1) is 5.92 Å². The highest BCUT2D eigenvalue weighted by Gasteiger charge is 2.18. The van der Waals surface area contributed by atoms with E-state index in [0.29, 0.717) is 23.0 Å². The standard InChI is InChI=1S/C19H21ClN2O/c1-2-14-8-9-15-17(21-14)11-10-16(20)19(15)22-18(23)12-13-6-4-3-5-7-13/h2,8-11,13H,1,3-7,12H2,(H,22,23). The highest BCUT2D eigenvalue weighted by molar-refractivity contribution is 6.35. The molecule has 120 valence electrons. The van der Waals surface area contributed by atoms with Crippen molar-refractivity contribution >= 4 is 40.2 Å². The molecule has 1 fully saturated rings. The van der Waals surface area contributed by atoms with Crippen LogP contribution in [-0.4, -0.2) is 10.9 Å². The lowest BCUT2D eigenvalue weighted by Crippen LogP contribution is -2.18. The summed E-state index contributed by atoms with van der Waals surface area (Å²) in [6, 6.07) is 7.45. The monoisotopic (exact) mass is 328 g/mol. The van der Waals surface area contributed by atoms with Gasteiger partial charge in [-0.1, -0.05) is 37.4 Å². The van der Waals surface area contributed by atoms with Gasteiger partial charge in [0.25, 0.3) is 0 Å². The normalized spacial score (nSPS) is 15.5. The minimum Gasteiger partial charge on any atom is -0.324 e. The van der Waals surface area contributed by atoms with E-state index < -0.39 is 0 Å². The van der Waals surface area contributed by atoms with Gasteiger partial charge in [0.1, 0.15) is 0 Å². The first-order valence-electron chi connectivity index (χ1n) is 8.19. The molecule has 1 saturated carbocycles. The summed E-state index contributed by atoms with van der Waals surface area (Å²) in [5, 5.41) is 4.41. The molecular weight excluding hydrogens is 308 g/mol. The fourth-order valence-corrected chi connectivity index (χ4v) is 3.49. The Morgan fingerprint density at radius 2 is 2.04 bits per heavy atom. The second-order valence-electron chi connectivity index (χ2n) is 6.19. The fourth-order valence-electron chi connectivity index (χ4n) is 3.28. The van der Waals surface area contributed by atoms with Crippen molar-refractivity contribution in [2.75, 3.05) is 5.32 Å². The van der Waals surface area contributed by atoms with E-state index in [4.69, 9.17) is 11.6 Å². The van der Waals surface area contributed by atoms with Crippen LogP contribution in [0.15, 0.2) is 30.8 Å². The number of halogens is 1. The summed E-state index contributed by atoms with van der Waals surface area (Å²) in [6.45, 7) is 3.73. The van der Waals surface area contributed by atoms with E-state index in [0.717, 1.165) is 29.4 Å². The molecule has 3 rings (SSSR count). The number of anilines is 1. The van der Waals surface area contributed by atoms with Gasteiger partial charge in [-0.15, -0.1) is 0 Å². The second-order valence-corrected chi connectivity index (χ2v) is 6.59. The van der Waals surface area contributed by atoms with Gasteiger partial charge in [-0.05, 0) is 49.1 Å². The molecule has 1 N–H and O–H groups in total. The van der Waals surface area contributed by atoms with Gasteiger partial charge in [-0.25, -0.2) is 4.98 Å². The van der Waals surface area contributed by atoms with Gasteiger partial charge in [0, 0.05) is 11.8 Å². The van der Waals surface area contributed by atoms with E-state index in [2.05, 4.69) is 16.9 Å². The first-order chi connectivity index (χ1) is 11.2. The number of pyridine rings is 1. The minimum atomic E-state index is 0.0408. The third-order valence-electron chi connectivity index (χ3n) is 4.51. The van der Waals surface area contributed by atoms with Gasteiger partial charge in [0.2, 0.25) is 5.91 Å². The van der Waals surface area contributed by atoms with Crippen molar-refractivity contribution in [1.82, 2.24) is 4.98 Å². The third-order valence-corrected chi connectivity index (χ3v) is 4.83. The van der Waals surface area contributed by atoms with Gasteiger partial charge in [-0.2, -0.15) is 0 Å². The highest BCUT2D eigenvalue weighted by atomic mass is 35.5. The number of nitrogens with one attached hydrogen (secondary N) is 1. The maximum atomic E-state index is 12.4. The van der Waals surface area contributed by atoms with Crippen LogP contribution in [-0.2, 0) is 4.79 Å². The number of aromatic nitrogens is 1. The molecule has 1 aliphatic carbocycles. The molecule has 0 bridgehead atoms. The minimum absolute atomic E-state index is 0.0408. The molecule has 0 aliphatic heterocycles. The third kappa shape index (κ3) is 3.73. The lowest BCUT2D eigenvalue weighted by atomic mass is 9.87. The highest BCUT2D eigenvalue weighted by Crippen LogP contribution is 2.32. The molecule has 23 heavy (non-hydrogen) atoms. The van der Waals surface area contributed by atoms with Crippen molar-refractivity contribution in [3.05, 3.63) is 41.6 Å². The van der Waals surface area contributed by atoms with Gasteiger partial charge < -0.3 is 5.32 Å². The quantitative estimate of drug-likeness (QED) is 0.812. The number of carbonyl (C=O) groups excluding carboxylic acids is 1. The predicted molar refractivity (Wildman–Crippen MR) is 96.7 cm³/mol. The Hall–Kier alpha value is -1.87. The van der Waals surface area contributed by atoms with E-state index >= 15 is 0 Å². The molecule has 2 aromatic rings. The van der Waals surface area contributed by atoms with Crippen molar-refractivity contribution in [3.8, 4) is 0 Å². The summed E-state index contributed by atoms with van der Waals surface area (Å²) in [6.07, 6.45) is 8.36. The Balaban J connectivity index is 1.82. The molecular formula is C19H21ClN2O. The molecule has 4 heteroatoms. The van der Waals surface area contributed by atoms with E-state index in [-0.39, 0.29) is 5.91 Å². The van der Waals surface area contributed by atoms with Crippen molar-refractivity contribution < 1.29 is 4.79 Å². The molecule has 1 aliphatic rings. The molecule has 1 aromatic heterocycles. The Morgan fingerprint density at radius 1 is 1.26 bits per heavy atom. The molecule has 0 radical (unpaired) electrons. The molecule has 0 unspecified atom stereocenters. The Kier molecular flexibility index (Phi) is 4.97. The van der Waals surface area contributed by atoms with Gasteiger partial charge in [0.15, 0.2) is 0 Å². The van der Waals surface area contributed by atoms with Crippen molar-refractivity contribution in [2.45, 2.75) is 38.5 Å². The van der Waals surface area contributed by atoms with Crippen LogP contribution in [0.4, 0.5) is 5.69 Å². The predicted octanol–water partition coefficient (Wildman–Crippen LogP) is 5.44. The summed E-state index contributed by atoms with van der Waals surface area (Å²) in [4.78, 5) is 16.9. The number of fused-ring (bicyclic) bond motifs is 1. The zero-order valence-corrected chi connectivity index (χ0v) is 13.9. The summed E-state index contributed by atoms with van der Waals surface area (Å²) < 4.78 is 0. The Labute approximate surface area is 141 Å². The van der Waals surface area contributed by atoms with Crippen LogP contribution in [0.2, 0.25) is 5.02 Å². The molecule has 0 spiro atoms. The number of rotatable bonds is 4. The number of amides is 1. The van der Waals surface area contributed by atoms with Crippen molar-refractivity contribution in [3.63, 3.8) is 0 Å². The fraction of sp³-hybridized carbons (Fsp3) is 0.368. The first-order valence-corrected chi connectivity index (χ1v) is 8.56. The Bertz CT molecular complexity index is 735. The van der Waals surface area contributed by atoms with Gasteiger partial charge >= 0.3 is 0 Å². The molecule has 1 amide bonds. The summed E-state index contributed by atoms with van der Waals surface area (Å²) >= 11 is 6.30. The van der Waals surface area contributed by atoms with Crippen LogP contribution in [0.3, 0.4) is 0 Å². The zero-order valence-electron chi connectivity index (χ0n) is 13.1. The maximum Gasteiger partial charge on any atom is 0.224 e. The van der Waals surface area contributed by atoms with Crippen LogP contribution in [0.5, 0.6) is 0 Å². The zero-order chi connectivity index (χ0) is 16.2. The summed E-state index contributed by atoms with van der Waals surface area (Å²) in [7, 11) is 0. The molecule has 0 saturated heterocycles. The average molecular weight is 329 g/mol. The van der Waals surface area contributed by atoms with Crippen molar-refractivity contribution in [2.24, 2.45) is 5.92 Å². The van der Waals surface area contributed by atoms with E-state index in [1.54, 1.807) is 12.1 Å². The van der Waals surface area contributed by atoms with Crippen LogP contribution >= 0.6 is 11.6 Å². The molecule has 1 aromatic carbocycles. The van der Waals surface area contributed by atoms with Crippen LogP contribution in [0.1, 0.15) is 44.2 Å². The number of carbonyl (C=O) groups is 1. The molecule has 1 heterocycles. The molecule has 0 atom stereocenters. The average Bonchev–Trinajstić information content (AvgIpc) is 2.58. The largest absolute Gasteiger partial charge is 0.324 e. The number of hydrogen-bond acceptors (Lipinski definition) is 2. The first kappa shape index (κ1) is 16.0. The topological polar surface area (TPSA) is 42.0 Å². The van der Waals surface area contributed by atoms with E-state index in [9.17, 15) is 4.79 Å². The van der Waals surface area contributed by atoms with E-state index in [1.807, 2.05) is 18.2 Å². The lowest BCUT2D eigenvalue weighted by Gasteiger charge is -2.21. The number of hydrogen-bond donors (Lipinski definition) is 1. The van der Waals surface area contributed by atoms with E-state index in [1.165, 1.54) is 19.3 Å². The van der Waals surface area contributed by atoms with Crippen LogP contribution in [0.25, 0.3) is 17.0 Å². The Morgan fingerprint density at radius 3 is 2.78 bits per heavy atom. The lowest BCUT2D eigenvalue weighted by molar-refractivity contribution is -0.117. The van der Waals surface area contributed by atoms with Crippen LogP contribution < -0.4 is 5.32 Å². The number of benzene rings is 1. The van der Waals surface area contributed by atoms with Gasteiger partial charge in [0.05, 0.1) is 21.9 Å². The van der Waals surface area contributed by atoms with Gasteiger partial charge in [-0.3, -0.25) is 4.79 Å². The smallest absolute Gasteiger partial charge is 0.224 e. The maximum absolute atomic E-state index is 12.4. The SMILES string of the molecule is C=Cc1ccc2c(NC(=O)CC3CCCCC3)c(Cl)ccc2n1. The van der Waals surface area contributed by atoms with Crippen molar-refractivity contribution in [1.29, 1.82) is 0 Å². The summed E-state index contributed by atoms with van der Waals surface area (Å²) in [5.74, 6) is 0.544. The number of nitrogens with zero attached hydrogens (tertiary/aromatic N) is 1. The summed E-state index contributed by atoms with van der Waals surface area (Å²) in [5.41, 5.74) is 2.27.